The molecule has 4 heteroatoms. The quantitative estimate of drug-likeness (QED) is 0.874. The molecule has 0 unspecified atom stereocenters. The zero-order valence-electron chi connectivity index (χ0n) is 13.4. The van der Waals surface area contributed by atoms with Crippen LogP contribution < -0.4 is 10.1 Å². The molecule has 0 aliphatic heterocycles. The number of carbonyl (C=O) groups is 1. The lowest BCUT2D eigenvalue weighted by molar-refractivity contribution is -0.118. The van der Waals surface area contributed by atoms with Crippen LogP contribution in [0.3, 0.4) is 0 Å². The molecule has 2 rings (SSSR count). The third-order valence-electron chi connectivity index (χ3n) is 3.73. The van der Waals surface area contributed by atoms with Gasteiger partial charge in [0.2, 0.25) is 0 Å². The van der Waals surface area contributed by atoms with Crippen molar-refractivity contribution in [2.24, 2.45) is 0 Å². The van der Waals surface area contributed by atoms with Gasteiger partial charge in [0.1, 0.15) is 5.75 Å². The summed E-state index contributed by atoms with van der Waals surface area (Å²) in [5, 5.41) is 11.5. The molecule has 0 spiro atoms. The lowest BCUT2D eigenvalue weighted by atomic mass is 9.99. The standard InChI is InChI=1S/C19H20N2O2/c1-3-14(2)16-6-8-17(9-7-16)21-19(22)13-23-18-10-4-15(12-20)5-11-18/h4-11,14H,3,13H2,1-2H3,(H,21,22)/t14-/m1/s1. The molecule has 1 amide bonds. The molecule has 0 heterocycles. The van der Waals surface area contributed by atoms with E-state index in [0.717, 1.165) is 12.1 Å². The van der Waals surface area contributed by atoms with Crippen LogP contribution in [-0.2, 0) is 4.79 Å². The molecule has 4 nitrogen and oxygen atoms in total. The first kappa shape index (κ1) is 16.6. The average molecular weight is 308 g/mol. The SMILES string of the molecule is CC[C@@H](C)c1ccc(NC(=O)COc2ccc(C#N)cc2)cc1. The van der Waals surface area contributed by atoms with Crippen LogP contribution in [0.15, 0.2) is 48.5 Å². The van der Waals surface area contributed by atoms with Crippen LogP contribution in [0.2, 0.25) is 0 Å². The van der Waals surface area contributed by atoms with E-state index in [-0.39, 0.29) is 12.5 Å². The highest BCUT2D eigenvalue weighted by Crippen LogP contribution is 2.20. The van der Waals surface area contributed by atoms with E-state index in [9.17, 15) is 4.79 Å². The molecule has 0 radical (unpaired) electrons. The molecule has 0 bridgehead atoms. The molecule has 0 aromatic heterocycles. The summed E-state index contributed by atoms with van der Waals surface area (Å²) in [4.78, 5) is 11.9. The molecule has 1 N–H and O–H groups in total. The van der Waals surface area contributed by atoms with Crippen LogP contribution in [-0.4, -0.2) is 12.5 Å². The molecular weight excluding hydrogens is 288 g/mol. The number of hydrogen-bond acceptors (Lipinski definition) is 3. The van der Waals surface area contributed by atoms with E-state index in [0.29, 0.717) is 17.2 Å². The smallest absolute Gasteiger partial charge is 0.262 e. The Hall–Kier alpha value is -2.80. The molecule has 0 fully saturated rings. The van der Waals surface area contributed by atoms with Crippen molar-refractivity contribution in [3.05, 3.63) is 59.7 Å². The van der Waals surface area contributed by atoms with Crippen molar-refractivity contribution < 1.29 is 9.53 Å². The number of carbonyl (C=O) groups excluding carboxylic acids is 1. The minimum atomic E-state index is -0.217. The van der Waals surface area contributed by atoms with E-state index < -0.39 is 0 Å². The van der Waals surface area contributed by atoms with Crippen LogP contribution in [0.1, 0.15) is 37.3 Å². The van der Waals surface area contributed by atoms with Crippen molar-refractivity contribution in [3.8, 4) is 11.8 Å². The first-order valence-corrected chi connectivity index (χ1v) is 7.65. The van der Waals surface area contributed by atoms with Crippen molar-refractivity contribution in [1.82, 2.24) is 0 Å². The third-order valence-corrected chi connectivity index (χ3v) is 3.73. The molecule has 0 aliphatic rings. The van der Waals surface area contributed by atoms with Crippen molar-refractivity contribution in [2.75, 3.05) is 11.9 Å². The Kier molecular flexibility index (Phi) is 5.76. The highest BCUT2D eigenvalue weighted by atomic mass is 16.5. The number of anilines is 1. The van der Waals surface area contributed by atoms with Gasteiger partial charge >= 0.3 is 0 Å². The topological polar surface area (TPSA) is 62.1 Å². The fourth-order valence-corrected chi connectivity index (χ4v) is 2.10. The summed E-state index contributed by atoms with van der Waals surface area (Å²) in [5.41, 5.74) is 2.58. The molecule has 0 saturated carbocycles. The second-order valence-corrected chi connectivity index (χ2v) is 5.40. The molecular formula is C19H20N2O2. The van der Waals surface area contributed by atoms with Gasteiger partial charge in [0.25, 0.3) is 5.91 Å². The van der Waals surface area contributed by atoms with Gasteiger partial charge in [-0.2, -0.15) is 5.26 Å². The lowest BCUT2D eigenvalue weighted by Gasteiger charge is -2.11. The second-order valence-electron chi connectivity index (χ2n) is 5.40. The Morgan fingerprint density at radius 1 is 1.17 bits per heavy atom. The highest BCUT2D eigenvalue weighted by Gasteiger charge is 2.06. The largest absolute Gasteiger partial charge is 0.484 e. The summed E-state index contributed by atoms with van der Waals surface area (Å²) in [6.07, 6.45) is 1.09. The summed E-state index contributed by atoms with van der Waals surface area (Å²) in [6, 6.07) is 16.6. The molecule has 1 atom stereocenters. The fraction of sp³-hybridized carbons (Fsp3) is 0.263. The number of nitrogens with one attached hydrogen (secondary N) is 1. The number of benzene rings is 2. The van der Waals surface area contributed by atoms with Crippen molar-refractivity contribution in [1.29, 1.82) is 5.26 Å². The van der Waals surface area contributed by atoms with E-state index in [1.807, 2.05) is 30.3 Å². The van der Waals surface area contributed by atoms with Gasteiger partial charge in [0.15, 0.2) is 6.61 Å². The zero-order valence-corrected chi connectivity index (χ0v) is 13.4. The van der Waals surface area contributed by atoms with Gasteiger partial charge in [-0.25, -0.2) is 0 Å². The van der Waals surface area contributed by atoms with Gasteiger partial charge in [-0.15, -0.1) is 0 Å². The van der Waals surface area contributed by atoms with E-state index in [1.54, 1.807) is 24.3 Å². The van der Waals surface area contributed by atoms with Gasteiger partial charge in [0.05, 0.1) is 11.6 Å². The minimum absolute atomic E-state index is 0.0704. The van der Waals surface area contributed by atoms with Gasteiger partial charge in [-0.1, -0.05) is 26.0 Å². The Balaban J connectivity index is 1.85. The zero-order chi connectivity index (χ0) is 16.7. The highest BCUT2D eigenvalue weighted by molar-refractivity contribution is 5.91. The normalized spacial score (nSPS) is 11.3. The number of nitrogens with zero attached hydrogens (tertiary/aromatic N) is 1. The Morgan fingerprint density at radius 3 is 2.39 bits per heavy atom. The second kappa shape index (κ2) is 8.00. The van der Waals surface area contributed by atoms with Crippen LogP contribution >= 0.6 is 0 Å². The predicted molar refractivity (Wildman–Crippen MR) is 90.4 cm³/mol. The number of nitriles is 1. The molecule has 0 aliphatic carbocycles. The van der Waals surface area contributed by atoms with Crippen LogP contribution in [0.25, 0.3) is 0 Å². The van der Waals surface area contributed by atoms with E-state index in [1.165, 1.54) is 5.56 Å². The van der Waals surface area contributed by atoms with E-state index >= 15 is 0 Å². The number of rotatable bonds is 6. The summed E-state index contributed by atoms with van der Waals surface area (Å²) >= 11 is 0. The van der Waals surface area contributed by atoms with Gasteiger partial charge in [-0.05, 0) is 54.3 Å². The van der Waals surface area contributed by atoms with E-state index in [2.05, 4.69) is 19.2 Å². The monoisotopic (exact) mass is 308 g/mol. The van der Waals surface area contributed by atoms with Gasteiger partial charge < -0.3 is 10.1 Å². The number of amides is 1. The number of hydrogen-bond donors (Lipinski definition) is 1. The molecule has 2 aromatic carbocycles. The molecule has 2 aromatic rings. The predicted octanol–water partition coefficient (Wildman–Crippen LogP) is 4.09. The Bertz CT molecular complexity index is 685. The molecule has 23 heavy (non-hydrogen) atoms. The Morgan fingerprint density at radius 2 is 1.83 bits per heavy atom. The summed E-state index contributed by atoms with van der Waals surface area (Å²) in [5.74, 6) is 0.858. The van der Waals surface area contributed by atoms with Gasteiger partial charge in [0, 0.05) is 5.69 Å². The van der Waals surface area contributed by atoms with Crippen molar-refractivity contribution in [3.63, 3.8) is 0 Å². The average Bonchev–Trinajstić information content (AvgIpc) is 2.60. The van der Waals surface area contributed by atoms with Gasteiger partial charge in [-0.3, -0.25) is 4.79 Å². The third kappa shape index (κ3) is 4.86. The molecule has 0 saturated heterocycles. The lowest BCUT2D eigenvalue weighted by Crippen LogP contribution is -2.20. The first-order valence-electron chi connectivity index (χ1n) is 7.65. The molecule has 118 valence electrons. The summed E-state index contributed by atoms with van der Waals surface area (Å²) < 4.78 is 5.40. The van der Waals surface area contributed by atoms with E-state index in [4.69, 9.17) is 10.00 Å². The van der Waals surface area contributed by atoms with Crippen molar-refractivity contribution in [2.45, 2.75) is 26.2 Å². The summed E-state index contributed by atoms with van der Waals surface area (Å²) in [7, 11) is 0. The van der Waals surface area contributed by atoms with Crippen LogP contribution in [0, 0.1) is 11.3 Å². The maximum Gasteiger partial charge on any atom is 0.262 e. The van der Waals surface area contributed by atoms with Crippen molar-refractivity contribution >= 4 is 11.6 Å². The number of ether oxygens (including phenoxy) is 1. The Labute approximate surface area is 136 Å². The maximum absolute atomic E-state index is 11.9. The fourth-order valence-electron chi connectivity index (χ4n) is 2.10. The minimum Gasteiger partial charge on any atom is -0.484 e. The summed E-state index contributed by atoms with van der Waals surface area (Å²) in [6.45, 7) is 4.26. The first-order chi connectivity index (χ1) is 11.1. The maximum atomic E-state index is 11.9. The van der Waals surface area contributed by atoms with Crippen LogP contribution in [0.5, 0.6) is 5.75 Å². The van der Waals surface area contributed by atoms with Crippen LogP contribution in [0.4, 0.5) is 5.69 Å².